The molecule has 2 N–H and O–H groups in total. The summed E-state index contributed by atoms with van der Waals surface area (Å²) in [5, 5.41) is 5.85. The fraction of sp³-hybridized carbons (Fsp3) is 0.364. The fourth-order valence-corrected chi connectivity index (χ4v) is 4.37. The van der Waals surface area contributed by atoms with Gasteiger partial charge in [0.1, 0.15) is 11.1 Å². The number of likely N-dealkylation sites (N-methyl/N-ethyl adjacent to an activating group) is 1. The zero-order valence-corrected chi connectivity index (χ0v) is 18.2. The van der Waals surface area contributed by atoms with Crippen LogP contribution in [0.15, 0.2) is 46.5 Å². The molecule has 1 aromatic heterocycles. The summed E-state index contributed by atoms with van der Waals surface area (Å²) in [5.74, 6) is -0.799. The van der Waals surface area contributed by atoms with Gasteiger partial charge in [-0.3, -0.25) is 14.4 Å². The van der Waals surface area contributed by atoms with E-state index in [2.05, 4.69) is 28.6 Å². The number of nitrogens with one attached hydrogen (secondary N) is 2. The van der Waals surface area contributed by atoms with Gasteiger partial charge in [0, 0.05) is 24.7 Å². The summed E-state index contributed by atoms with van der Waals surface area (Å²) in [7, 11) is 1.56. The Morgan fingerprint density at radius 2 is 2.00 bits per heavy atom. The highest BCUT2D eigenvalue weighted by molar-refractivity contribution is 7.99. The second-order valence-electron chi connectivity index (χ2n) is 7.25. The van der Waals surface area contributed by atoms with Crippen LogP contribution in [0.25, 0.3) is 0 Å². The average molecular weight is 427 g/mol. The van der Waals surface area contributed by atoms with Crippen LogP contribution in [-0.4, -0.2) is 53.8 Å². The molecular weight excluding hydrogens is 400 g/mol. The minimum absolute atomic E-state index is 0.158. The van der Waals surface area contributed by atoms with E-state index >= 15 is 0 Å². The summed E-state index contributed by atoms with van der Waals surface area (Å²) >= 11 is 1.41. The Balaban J connectivity index is 1.66. The second-order valence-corrected chi connectivity index (χ2v) is 8.31. The van der Waals surface area contributed by atoms with Crippen LogP contribution in [0.3, 0.4) is 0 Å². The summed E-state index contributed by atoms with van der Waals surface area (Å²) in [6, 6.07) is 9.03. The van der Waals surface area contributed by atoms with Gasteiger partial charge in [-0.25, -0.2) is 4.98 Å². The van der Waals surface area contributed by atoms with Crippen molar-refractivity contribution in [3.63, 3.8) is 0 Å². The van der Waals surface area contributed by atoms with Gasteiger partial charge < -0.3 is 15.5 Å². The van der Waals surface area contributed by atoms with E-state index in [0.29, 0.717) is 23.6 Å². The molecule has 0 saturated carbocycles. The Bertz CT molecular complexity index is 963. The molecule has 1 aliphatic rings. The number of pyridine rings is 1. The van der Waals surface area contributed by atoms with Gasteiger partial charge in [0.15, 0.2) is 0 Å². The molecule has 3 amide bonds. The first kappa shape index (κ1) is 21.8. The molecule has 158 valence electrons. The van der Waals surface area contributed by atoms with Crippen LogP contribution in [-0.2, 0) is 9.59 Å². The first-order valence-electron chi connectivity index (χ1n) is 9.90. The van der Waals surface area contributed by atoms with Crippen molar-refractivity contribution in [3.8, 4) is 0 Å². The van der Waals surface area contributed by atoms with Gasteiger partial charge in [-0.05, 0) is 62.1 Å². The van der Waals surface area contributed by atoms with Crippen molar-refractivity contribution in [2.45, 2.75) is 42.7 Å². The average Bonchev–Trinajstić information content (AvgIpc) is 3.24. The molecule has 1 aliphatic heterocycles. The predicted molar refractivity (Wildman–Crippen MR) is 115 cm³/mol. The topological polar surface area (TPSA) is 91.4 Å². The quantitative estimate of drug-likeness (QED) is 0.740. The van der Waals surface area contributed by atoms with E-state index in [-0.39, 0.29) is 24.3 Å². The van der Waals surface area contributed by atoms with Gasteiger partial charge in [-0.1, -0.05) is 17.8 Å². The highest BCUT2D eigenvalue weighted by Crippen LogP contribution is 2.30. The fourth-order valence-electron chi connectivity index (χ4n) is 3.39. The van der Waals surface area contributed by atoms with Gasteiger partial charge >= 0.3 is 0 Å². The number of hydrogen-bond donors (Lipinski definition) is 2. The van der Waals surface area contributed by atoms with Crippen molar-refractivity contribution < 1.29 is 14.4 Å². The standard InChI is InChI=1S/C22H26N4O3S/c1-14-8-9-16(12-15(14)2)30-22-17(6-4-10-24-22)20(28)25-13-19(27)26-11-5-7-18(26)21(29)23-3/h4,6,8-10,12,18H,5,7,11,13H2,1-3H3,(H,23,29)(H,25,28). The molecule has 0 bridgehead atoms. The molecule has 0 spiro atoms. The summed E-state index contributed by atoms with van der Waals surface area (Å²) in [6.07, 6.45) is 3.05. The molecule has 1 saturated heterocycles. The van der Waals surface area contributed by atoms with Crippen LogP contribution in [0.2, 0.25) is 0 Å². The smallest absolute Gasteiger partial charge is 0.254 e. The highest BCUT2D eigenvalue weighted by atomic mass is 32.2. The van der Waals surface area contributed by atoms with Gasteiger partial charge in [0.25, 0.3) is 5.91 Å². The molecule has 1 fully saturated rings. The maximum absolute atomic E-state index is 12.8. The molecule has 30 heavy (non-hydrogen) atoms. The molecule has 1 atom stereocenters. The van der Waals surface area contributed by atoms with Crippen molar-refractivity contribution in [1.82, 2.24) is 20.5 Å². The monoisotopic (exact) mass is 426 g/mol. The van der Waals surface area contributed by atoms with E-state index in [4.69, 9.17) is 0 Å². The number of aromatic nitrogens is 1. The minimum Gasteiger partial charge on any atom is -0.357 e. The molecule has 0 radical (unpaired) electrons. The summed E-state index contributed by atoms with van der Waals surface area (Å²) in [6.45, 7) is 4.46. The number of benzene rings is 1. The molecule has 1 unspecified atom stereocenters. The number of amides is 3. The van der Waals surface area contributed by atoms with Crippen LogP contribution < -0.4 is 10.6 Å². The third-order valence-electron chi connectivity index (χ3n) is 5.23. The molecule has 3 rings (SSSR count). The van der Waals surface area contributed by atoms with Crippen molar-refractivity contribution in [2.75, 3.05) is 20.1 Å². The number of nitrogens with zero attached hydrogens (tertiary/aromatic N) is 2. The summed E-state index contributed by atoms with van der Waals surface area (Å²) in [5.41, 5.74) is 2.79. The van der Waals surface area contributed by atoms with E-state index in [1.54, 1.807) is 25.4 Å². The van der Waals surface area contributed by atoms with Crippen LogP contribution in [0, 0.1) is 13.8 Å². The Morgan fingerprint density at radius 3 is 2.73 bits per heavy atom. The zero-order valence-electron chi connectivity index (χ0n) is 17.4. The van der Waals surface area contributed by atoms with Gasteiger partial charge in [-0.15, -0.1) is 0 Å². The maximum atomic E-state index is 12.8. The zero-order chi connectivity index (χ0) is 21.7. The SMILES string of the molecule is CNC(=O)C1CCCN1C(=O)CNC(=O)c1cccnc1Sc1ccc(C)c(C)c1. The van der Waals surface area contributed by atoms with E-state index in [9.17, 15) is 14.4 Å². The Morgan fingerprint density at radius 1 is 1.20 bits per heavy atom. The lowest BCUT2D eigenvalue weighted by molar-refractivity contribution is -0.137. The predicted octanol–water partition coefficient (Wildman–Crippen LogP) is 2.32. The number of likely N-dealkylation sites (tertiary alicyclic amines) is 1. The lowest BCUT2D eigenvalue weighted by Crippen LogP contribution is -2.48. The third kappa shape index (κ3) is 4.99. The van der Waals surface area contributed by atoms with Gasteiger partial charge in [0.2, 0.25) is 11.8 Å². The van der Waals surface area contributed by atoms with E-state index in [1.165, 1.54) is 27.8 Å². The van der Waals surface area contributed by atoms with E-state index in [0.717, 1.165) is 11.3 Å². The first-order chi connectivity index (χ1) is 14.4. The molecule has 1 aromatic carbocycles. The first-order valence-corrected chi connectivity index (χ1v) is 10.7. The second kappa shape index (κ2) is 9.75. The summed E-state index contributed by atoms with van der Waals surface area (Å²) in [4.78, 5) is 44.1. The minimum atomic E-state index is -0.464. The molecule has 2 aromatic rings. The van der Waals surface area contributed by atoms with Crippen molar-refractivity contribution in [1.29, 1.82) is 0 Å². The van der Waals surface area contributed by atoms with Crippen LogP contribution in [0.4, 0.5) is 0 Å². The van der Waals surface area contributed by atoms with E-state index in [1.807, 2.05) is 19.1 Å². The van der Waals surface area contributed by atoms with Crippen LogP contribution in [0.5, 0.6) is 0 Å². The largest absolute Gasteiger partial charge is 0.357 e. The number of hydrogen-bond acceptors (Lipinski definition) is 5. The number of aryl methyl sites for hydroxylation is 2. The third-order valence-corrected chi connectivity index (χ3v) is 6.24. The summed E-state index contributed by atoms with van der Waals surface area (Å²) < 4.78 is 0. The number of carbonyl (C=O) groups is 3. The number of carbonyl (C=O) groups excluding carboxylic acids is 3. The van der Waals surface area contributed by atoms with Crippen molar-refractivity contribution in [3.05, 3.63) is 53.2 Å². The molecule has 7 nitrogen and oxygen atoms in total. The maximum Gasteiger partial charge on any atom is 0.254 e. The normalized spacial score (nSPS) is 15.7. The van der Waals surface area contributed by atoms with E-state index < -0.39 is 6.04 Å². The Labute approximate surface area is 180 Å². The Kier molecular flexibility index (Phi) is 7.10. The lowest BCUT2D eigenvalue weighted by atomic mass is 10.1. The molecular formula is C22H26N4O3S. The van der Waals surface area contributed by atoms with Gasteiger partial charge in [-0.2, -0.15) is 0 Å². The van der Waals surface area contributed by atoms with Gasteiger partial charge in [0.05, 0.1) is 12.1 Å². The molecule has 8 heteroatoms. The highest BCUT2D eigenvalue weighted by Gasteiger charge is 2.33. The van der Waals surface area contributed by atoms with Crippen LogP contribution >= 0.6 is 11.8 Å². The van der Waals surface area contributed by atoms with Crippen molar-refractivity contribution in [2.24, 2.45) is 0 Å². The van der Waals surface area contributed by atoms with Crippen molar-refractivity contribution >= 4 is 29.5 Å². The number of rotatable bonds is 6. The molecule has 2 heterocycles. The van der Waals surface area contributed by atoms with Crippen LogP contribution in [0.1, 0.15) is 34.3 Å². The molecule has 0 aliphatic carbocycles. The lowest BCUT2D eigenvalue weighted by Gasteiger charge is -2.23. The Hall–Kier alpha value is -2.87.